The van der Waals surface area contributed by atoms with E-state index < -0.39 is 0 Å². The molecule has 1 aliphatic carbocycles. The summed E-state index contributed by atoms with van der Waals surface area (Å²) in [6.45, 7) is 3.75. The Balaban J connectivity index is 2.17. The van der Waals surface area contributed by atoms with E-state index in [0.29, 0.717) is 25.2 Å². The first-order valence-electron chi connectivity index (χ1n) is 6.04. The molecule has 2 rings (SSSR count). The molecule has 18 heavy (non-hydrogen) atoms. The fourth-order valence-corrected chi connectivity index (χ4v) is 1.81. The zero-order valence-corrected chi connectivity index (χ0v) is 11.4. The first-order chi connectivity index (χ1) is 8.74. The van der Waals surface area contributed by atoms with Crippen LogP contribution in [0.2, 0.25) is 5.28 Å². The minimum Gasteiger partial charge on any atom is -0.464 e. The molecule has 1 aromatic heterocycles. The van der Waals surface area contributed by atoms with Gasteiger partial charge in [0.1, 0.15) is 0 Å². The monoisotopic (exact) mass is 272 g/mol. The maximum atomic E-state index is 5.89. The second kappa shape index (κ2) is 6.15. The first-order valence-corrected chi connectivity index (χ1v) is 6.42. The molecule has 1 heterocycles. The van der Waals surface area contributed by atoms with Gasteiger partial charge in [0.2, 0.25) is 11.2 Å². The van der Waals surface area contributed by atoms with Gasteiger partial charge in [-0.15, -0.1) is 0 Å². The average Bonchev–Trinajstić information content (AvgIpc) is 3.14. The van der Waals surface area contributed by atoms with Gasteiger partial charge in [0.05, 0.1) is 13.2 Å². The highest BCUT2D eigenvalue weighted by atomic mass is 35.5. The number of rotatable bonds is 7. The van der Waals surface area contributed by atoms with E-state index in [0.717, 1.165) is 19.4 Å². The molecule has 0 atom stereocenters. The molecule has 0 N–H and O–H groups in total. The number of hydrogen-bond donors (Lipinski definition) is 0. The van der Waals surface area contributed by atoms with Crippen LogP contribution in [0.15, 0.2) is 0 Å². The average molecular weight is 273 g/mol. The first kappa shape index (κ1) is 13.3. The van der Waals surface area contributed by atoms with Gasteiger partial charge >= 0.3 is 6.01 Å². The molecule has 0 aromatic carbocycles. The van der Waals surface area contributed by atoms with Gasteiger partial charge in [-0.25, -0.2) is 0 Å². The lowest BCUT2D eigenvalue weighted by Gasteiger charge is -2.21. The molecule has 100 valence electrons. The predicted molar refractivity (Wildman–Crippen MR) is 68.3 cm³/mol. The van der Waals surface area contributed by atoms with Crippen LogP contribution < -0.4 is 9.64 Å². The number of halogens is 1. The molecule has 0 bridgehead atoms. The second-order valence-corrected chi connectivity index (χ2v) is 4.38. The molecule has 1 aromatic rings. The summed E-state index contributed by atoms with van der Waals surface area (Å²) in [5.74, 6) is 0.568. The fraction of sp³-hybridized carbons (Fsp3) is 0.727. The Morgan fingerprint density at radius 1 is 1.33 bits per heavy atom. The van der Waals surface area contributed by atoms with Gasteiger partial charge in [-0.3, -0.25) is 0 Å². The fourth-order valence-electron chi connectivity index (χ4n) is 1.67. The number of aromatic nitrogens is 3. The van der Waals surface area contributed by atoms with Crippen LogP contribution in [0, 0.1) is 0 Å². The summed E-state index contributed by atoms with van der Waals surface area (Å²) in [6, 6.07) is 0.753. The second-order valence-electron chi connectivity index (χ2n) is 4.04. The molecule has 0 aliphatic heterocycles. The van der Waals surface area contributed by atoms with E-state index in [1.807, 2.05) is 6.92 Å². The zero-order valence-electron chi connectivity index (χ0n) is 10.6. The van der Waals surface area contributed by atoms with E-state index in [1.165, 1.54) is 0 Å². The van der Waals surface area contributed by atoms with E-state index in [-0.39, 0.29) is 11.3 Å². The van der Waals surface area contributed by atoms with Crippen molar-refractivity contribution in [2.45, 2.75) is 25.8 Å². The molecule has 1 aliphatic rings. The van der Waals surface area contributed by atoms with Crippen molar-refractivity contribution in [1.82, 2.24) is 15.0 Å². The maximum Gasteiger partial charge on any atom is 0.322 e. The summed E-state index contributed by atoms with van der Waals surface area (Å²) in [5.41, 5.74) is 0. The van der Waals surface area contributed by atoms with E-state index in [4.69, 9.17) is 21.1 Å². The minimum atomic E-state index is 0.159. The largest absolute Gasteiger partial charge is 0.464 e. The lowest BCUT2D eigenvalue weighted by atomic mass is 10.5. The van der Waals surface area contributed by atoms with Crippen LogP contribution in [0.1, 0.15) is 19.8 Å². The Bertz CT molecular complexity index is 401. The lowest BCUT2D eigenvalue weighted by molar-refractivity contribution is 0.204. The molecule has 1 saturated carbocycles. The van der Waals surface area contributed by atoms with Crippen molar-refractivity contribution in [2.24, 2.45) is 0 Å². The Morgan fingerprint density at radius 2 is 2.11 bits per heavy atom. The molecule has 0 spiro atoms. The molecule has 0 radical (unpaired) electrons. The molecule has 7 heteroatoms. The van der Waals surface area contributed by atoms with Crippen molar-refractivity contribution in [1.29, 1.82) is 0 Å². The van der Waals surface area contributed by atoms with Crippen molar-refractivity contribution in [2.75, 3.05) is 31.8 Å². The Hall–Kier alpha value is -1.14. The van der Waals surface area contributed by atoms with Gasteiger partial charge in [-0.05, 0) is 31.4 Å². The van der Waals surface area contributed by atoms with Gasteiger partial charge in [-0.1, -0.05) is 0 Å². The van der Waals surface area contributed by atoms with Crippen LogP contribution in [0.25, 0.3) is 0 Å². The van der Waals surface area contributed by atoms with Crippen LogP contribution >= 0.6 is 11.6 Å². The molecule has 1 fully saturated rings. The number of methoxy groups -OCH3 is 1. The SMILES string of the molecule is CCOc1nc(Cl)nc(N(CCOC)C2CC2)n1. The van der Waals surface area contributed by atoms with E-state index >= 15 is 0 Å². The zero-order chi connectivity index (χ0) is 13.0. The predicted octanol–water partition coefficient (Wildman–Crippen LogP) is 1.54. The molecule has 0 saturated heterocycles. The highest BCUT2D eigenvalue weighted by Crippen LogP contribution is 2.30. The van der Waals surface area contributed by atoms with Crippen LogP contribution in [-0.2, 0) is 4.74 Å². The molecular formula is C11H17ClN4O2. The summed E-state index contributed by atoms with van der Waals surface area (Å²) in [5, 5.41) is 0.159. The Kier molecular flexibility index (Phi) is 4.54. The highest BCUT2D eigenvalue weighted by molar-refractivity contribution is 6.28. The Labute approximate surface area is 111 Å². The van der Waals surface area contributed by atoms with Gasteiger partial charge in [0.15, 0.2) is 0 Å². The summed E-state index contributed by atoms with van der Waals surface area (Å²) >= 11 is 5.89. The third kappa shape index (κ3) is 3.43. The van der Waals surface area contributed by atoms with E-state index in [1.54, 1.807) is 7.11 Å². The van der Waals surface area contributed by atoms with Crippen molar-refractivity contribution < 1.29 is 9.47 Å². The maximum absolute atomic E-state index is 5.89. The third-order valence-electron chi connectivity index (χ3n) is 2.63. The number of anilines is 1. The highest BCUT2D eigenvalue weighted by Gasteiger charge is 2.31. The summed E-state index contributed by atoms with van der Waals surface area (Å²) in [7, 11) is 1.68. The summed E-state index contributed by atoms with van der Waals surface area (Å²) in [4.78, 5) is 14.5. The van der Waals surface area contributed by atoms with Gasteiger partial charge < -0.3 is 14.4 Å². The van der Waals surface area contributed by atoms with E-state index in [2.05, 4.69) is 19.9 Å². The quantitative estimate of drug-likeness (QED) is 0.750. The molecule has 0 amide bonds. The Morgan fingerprint density at radius 3 is 2.72 bits per heavy atom. The minimum absolute atomic E-state index is 0.159. The number of nitrogens with zero attached hydrogens (tertiary/aromatic N) is 4. The third-order valence-corrected chi connectivity index (χ3v) is 2.80. The molecule has 0 unspecified atom stereocenters. The van der Waals surface area contributed by atoms with Crippen LogP contribution in [0.4, 0.5) is 5.95 Å². The van der Waals surface area contributed by atoms with Crippen LogP contribution in [0.5, 0.6) is 6.01 Å². The standard InChI is InChI=1S/C11H17ClN4O2/c1-3-18-11-14-9(12)13-10(15-11)16(6-7-17-2)8-4-5-8/h8H,3-7H2,1-2H3. The van der Waals surface area contributed by atoms with Crippen LogP contribution in [0.3, 0.4) is 0 Å². The molecule has 6 nitrogen and oxygen atoms in total. The van der Waals surface area contributed by atoms with E-state index in [9.17, 15) is 0 Å². The van der Waals surface area contributed by atoms with Crippen LogP contribution in [-0.4, -0.2) is 47.9 Å². The lowest BCUT2D eigenvalue weighted by Crippen LogP contribution is -2.31. The topological polar surface area (TPSA) is 60.4 Å². The van der Waals surface area contributed by atoms with Gasteiger partial charge in [-0.2, -0.15) is 15.0 Å². The molecular weight excluding hydrogens is 256 g/mol. The normalized spacial score (nSPS) is 14.6. The van der Waals surface area contributed by atoms with Gasteiger partial charge in [0.25, 0.3) is 0 Å². The van der Waals surface area contributed by atoms with Crippen molar-refractivity contribution in [3.8, 4) is 6.01 Å². The summed E-state index contributed by atoms with van der Waals surface area (Å²) < 4.78 is 10.4. The number of hydrogen-bond acceptors (Lipinski definition) is 6. The van der Waals surface area contributed by atoms with Crippen molar-refractivity contribution >= 4 is 17.5 Å². The van der Waals surface area contributed by atoms with Gasteiger partial charge in [0, 0.05) is 19.7 Å². The van der Waals surface area contributed by atoms with Crippen molar-refractivity contribution in [3.05, 3.63) is 5.28 Å². The number of ether oxygens (including phenoxy) is 2. The van der Waals surface area contributed by atoms with Crippen molar-refractivity contribution in [3.63, 3.8) is 0 Å². The summed E-state index contributed by atoms with van der Waals surface area (Å²) in [6.07, 6.45) is 2.30. The smallest absolute Gasteiger partial charge is 0.322 e.